The second-order valence-electron chi connectivity index (χ2n) is 2.52. The molecule has 4 heteroatoms. The van der Waals surface area contributed by atoms with Crippen LogP contribution in [0, 0.1) is 0 Å². The van der Waals surface area contributed by atoms with Gasteiger partial charge in [-0.25, -0.2) is 0 Å². The molecule has 0 bridgehead atoms. The first kappa shape index (κ1) is 9.25. The third-order valence-electron chi connectivity index (χ3n) is 1.43. The van der Waals surface area contributed by atoms with Crippen LogP contribution in [0.2, 0.25) is 0 Å². The van der Waals surface area contributed by atoms with E-state index in [0.717, 1.165) is 0 Å². The summed E-state index contributed by atoms with van der Waals surface area (Å²) in [6.45, 7) is 1.32. The highest BCUT2D eigenvalue weighted by atomic mass is 16.3. The molecule has 4 nitrogen and oxygen atoms in total. The quantitative estimate of drug-likeness (QED) is 0.658. The Morgan fingerprint density at radius 2 is 2.23 bits per heavy atom. The minimum absolute atomic E-state index is 0.0748. The molecule has 0 aromatic heterocycles. The molecular weight excluding hydrogens is 170 g/mol. The van der Waals surface area contributed by atoms with Gasteiger partial charge >= 0.3 is 0 Å². The van der Waals surface area contributed by atoms with E-state index < -0.39 is 0 Å². The van der Waals surface area contributed by atoms with E-state index in [1.807, 2.05) is 0 Å². The van der Waals surface area contributed by atoms with E-state index in [9.17, 15) is 14.7 Å². The minimum Gasteiger partial charge on any atom is -0.506 e. The maximum atomic E-state index is 10.6. The number of hydrogen-bond donors (Lipinski definition) is 2. The van der Waals surface area contributed by atoms with E-state index in [1.54, 1.807) is 6.29 Å². The van der Waals surface area contributed by atoms with Crippen LogP contribution in [0.25, 0.3) is 0 Å². The summed E-state index contributed by atoms with van der Waals surface area (Å²) >= 11 is 0. The molecular formula is C9H8NO3. The van der Waals surface area contributed by atoms with Crippen molar-refractivity contribution in [1.29, 1.82) is 0 Å². The van der Waals surface area contributed by atoms with Gasteiger partial charge in [-0.1, -0.05) is 0 Å². The molecule has 0 atom stereocenters. The van der Waals surface area contributed by atoms with Crippen LogP contribution >= 0.6 is 0 Å². The van der Waals surface area contributed by atoms with Gasteiger partial charge in [0.15, 0.2) is 0 Å². The monoisotopic (exact) mass is 178 g/mol. The second kappa shape index (κ2) is 3.71. The number of phenolic OH excluding ortho intramolecular Hbond substituents is 1. The highest BCUT2D eigenvalue weighted by molar-refractivity contribution is 5.91. The molecule has 0 aliphatic heterocycles. The SMILES string of the molecule is CC(=O)Nc1cc([C]=O)ccc1O. The third-order valence-corrected chi connectivity index (χ3v) is 1.43. The van der Waals surface area contributed by atoms with Gasteiger partial charge in [-0.2, -0.15) is 0 Å². The average molecular weight is 178 g/mol. The molecule has 1 amide bonds. The van der Waals surface area contributed by atoms with Crippen molar-refractivity contribution in [2.75, 3.05) is 5.32 Å². The van der Waals surface area contributed by atoms with Crippen molar-refractivity contribution in [3.63, 3.8) is 0 Å². The summed E-state index contributed by atoms with van der Waals surface area (Å²) in [5.74, 6) is -0.382. The number of anilines is 1. The molecule has 0 spiro atoms. The first-order chi connectivity index (χ1) is 6.13. The normalized spacial score (nSPS) is 9.31. The van der Waals surface area contributed by atoms with Crippen LogP contribution in [-0.4, -0.2) is 17.3 Å². The summed E-state index contributed by atoms with van der Waals surface area (Å²) < 4.78 is 0. The Bertz CT molecular complexity index is 347. The molecule has 2 N–H and O–H groups in total. The molecule has 67 valence electrons. The van der Waals surface area contributed by atoms with E-state index in [4.69, 9.17) is 0 Å². The number of aromatic hydroxyl groups is 1. The van der Waals surface area contributed by atoms with Gasteiger partial charge in [-0.05, 0) is 18.2 Å². The predicted octanol–water partition coefficient (Wildman–Crippen LogP) is 0.808. The number of rotatable bonds is 2. The first-order valence-corrected chi connectivity index (χ1v) is 3.62. The summed E-state index contributed by atoms with van der Waals surface area (Å²) in [5, 5.41) is 11.6. The first-order valence-electron chi connectivity index (χ1n) is 3.62. The summed E-state index contributed by atoms with van der Waals surface area (Å²) in [6.07, 6.45) is 1.66. The Morgan fingerprint density at radius 3 is 2.77 bits per heavy atom. The largest absolute Gasteiger partial charge is 0.506 e. The van der Waals surface area contributed by atoms with Crippen LogP contribution in [0.3, 0.4) is 0 Å². The molecule has 0 aliphatic rings. The Kier molecular flexibility index (Phi) is 2.64. The van der Waals surface area contributed by atoms with Crippen molar-refractivity contribution in [2.24, 2.45) is 0 Å². The van der Waals surface area contributed by atoms with Gasteiger partial charge in [0, 0.05) is 12.5 Å². The topological polar surface area (TPSA) is 66.4 Å². The highest BCUT2D eigenvalue weighted by Gasteiger charge is 2.03. The Hall–Kier alpha value is -1.84. The zero-order valence-corrected chi connectivity index (χ0v) is 7.00. The van der Waals surface area contributed by atoms with Crippen LogP contribution in [0.5, 0.6) is 5.75 Å². The Morgan fingerprint density at radius 1 is 1.54 bits per heavy atom. The van der Waals surface area contributed by atoms with E-state index in [0.29, 0.717) is 0 Å². The van der Waals surface area contributed by atoms with Gasteiger partial charge in [0.25, 0.3) is 0 Å². The molecule has 0 saturated heterocycles. The van der Waals surface area contributed by atoms with Gasteiger partial charge in [-0.3, -0.25) is 9.59 Å². The standard InChI is InChI=1S/C9H8NO3/c1-6(12)10-8-4-7(5-11)2-3-9(8)13/h2-4,13H,1H3,(H,10,12). The van der Waals surface area contributed by atoms with Crippen molar-refractivity contribution < 1.29 is 14.7 Å². The van der Waals surface area contributed by atoms with Crippen LogP contribution in [0.1, 0.15) is 12.5 Å². The fourth-order valence-electron chi connectivity index (χ4n) is 0.889. The number of amides is 1. The molecule has 0 unspecified atom stereocenters. The van der Waals surface area contributed by atoms with E-state index in [-0.39, 0.29) is 22.9 Å². The number of benzene rings is 1. The van der Waals surface area contributed by atoms with E-state index >= 15 is 0 Å². The van der Waals surface area contributed by atoms with Crippen molar-refractivity contribution in [3.8, 4) is 5.75 Å². The Balaban J connectivity index is 3.03. The molecule has 1 aromatic rings. The van der Waals surface area contributed by atoms with Crippen LogP contribution < -0.4 is 5.32 Å². The average Bonchev–Trinajstić information content (AvgIpc) is 2.08. The number of nitrogens with one attached hydrogen (secondary N) is 1. The number of carbonyl (C=O) groups excluding carboxylic acids is 2. The lowest BCUT2D eigenvalue weighted by Crippen LogP contribution is -2.06. The maximum absolute atomic E-state index is 10.6. The molecule has 13 heavy (non-hydrogen) atoms. The summed E-state index contributed by atoms with van der Waals surface area (Å²) in [5.41, 5.74) is 0.495. The number of phenols is 1. The zero-order valence-electron chi connectivity index (χ0n) is 7.00. The maximum Gasteiger partial charge on any atom is 0.233 e. The minimum atomic E-state index is -0.307. The molecule has 1 radical (unpaired) electrons. The lowest BCUT2D eigenvalue weighted by molar-refractivity contribution is -0.114. The van der Waals surface area contributed by atoms with Gasteiger partial charge in [0.1, 0.15) is 5.75 Å². The van der Waals surface area contributed by atoms with Crippen LogP contribution in [-0.2, 0) is 9.59 Å². The Labute approximate surface area is 75.2 Å². The molecule has 0 saturated carbocycles. The number of hydrogen-bond acceptors (Lipinski definition) is 3. The van der Waals surface area contributed by atoms with Gasteiger partial charge in [-0.15, -0.1) is 0 Å². The van der Waals surface area contributed by atoms with E-state index in [1.165, 1.54) is 25.1 Å². The van der Waals surface area contributed by atoms with Crippen LogP contribution in [0.4, 0.5) is 5.69 Å². The molecule has 1 aromatic carbocycles. The van der Waals surface area contributed by atoms with Gasteiger partial charge in [0.05, 0.1) is 5.69 Å². The highest BCUT2D eigenvalue weighted by Crippen LogP contribution is 2.23. The van der Waals surface area contributed by atoms with Crippen molar-refractivity contribution >= 4 is 17.9 Å². The second-order valence-corrected chi connectivity index (χ2v) is 2.52. The van der Waals surface area contributed by atoms with Crippen molar-refractivity contribution in [3.05, 3.63) is 23.8 Å². The lowest BCUT2D eigenvalue weighted by atomic mass is 10.2. The summed E-state index contributed by atoms with van der Waals surface area (Å²) in [6, 6.07) is 4.09. The molecule has 0 aliphatic carbocycles. The fraction of sp³-hybridized carbons (Fsp3) is 0.111. The van der Waals surface area contributed by atoms with E-state index in [2.05, 4.69) is 5.32 Å². The van der Waals surface area contributed by atoms with Crippen LogP contribution in [0.15, 0.2) is 18.2 Å². The molecule has 1 rings (SSSR count). The number of carbonyl (C=O) groups is 1. The predicted molar refractivity (Wildman–Crippen MR) is 47.2 cm³/mol. The smallest absolute Gasteiger partial charge is 0.233 e. The van der Waals surface area contributed by atoms with Crippen molar-refractivity contribution in [1.82, 2.24) is 0 Å². The fourth-order valence-corrected chi connectivity index (χ4v) is 0.889. The molecule has 0 heterocycles. The molecule has 0 fully saturated rings. The van der Waals surface area contributed by atoms with Gasteiger partial charge in [0.2, 0.25) is 12.2 Å². The lowest BCUT2D eigenvalue weighted by Gasteiger charge is -2.04. The zero-order chi connectivity index (χ0) is 9.84. The summed E-state index contributed by atoms with van der Waals surface area (Å²) in [7, 11) is 0. The van der Waals surface area contributed by atoms with Crippen molar-refractivity contribution in [2.45, 2.75) is 6.92 Å². The summed E-state index contributed by atoms with van der Waals surface area (Å²) in [4.78, 5) is 20.9. The third kappa shape index (κ3) is 2.30. The van der Waals surface area contributed by atoms with Gasteiger partial charge < -0.3 is 10.4 Å².